The van der Waals surface area contributed by atoms with Crippen molar-refractivity contribution in [3.63, 3.8) is 0 Å². The Kier molecular flexibility index (Phi) is 7.15. The summed E-state index contributed by atoms with van der Waals surface area (Å²) in [7, 11) is 0. The van der Waals surface area contributed by atoms with Gasteiger partial charge in [-0.3, -0.25) is 14.9 Å². The number of carbonyl (C=O) groups excluding carboxylic acids is 1. The van der Waals surface area contributed by atoms with E-state index in [-0.39, 0.29) is 41.8 Å². The molecule has 0 aliphatic carbocycles. The topological polar surface area (TPSA) is 161 Å². The number of rotatable bonds is 8. The summed E-state index contributed by atoms with van der Waals surface area (Å²) in [5.41, 5.74) is 1.01. The second-order valence-corrected chi connectivity index (χ2v) is 9.27. The molecule has 5 atom stereocenters. The number of nitrogens with zero attached hydrogens (tertiary/aromatic N) is 2. The van der Waals surface area contributed by atoms with Gasteiger partial charge < -0.3 is 39.2 Å². The fourth-order valence-corrected chi connectivity index (χ4v) is 5.05. The maximum Gasteiger partial charge on any atom is 0.258 e. The minimum Gasteiger partial charge on any atom is -0.484 e. The number of likely N-dealkylation sites (tertiary alicyclic amines) is 1. The first-order valence-corrected chi connectivity index (χ1v) is 12.1. The number of hydrogen-bond donors (Lipinski definition) is 3. The SMILES string of the molecule is O=C(c1c([C@H](C[N+](=O)[O-])[C@H]2O[C@H](O)[C@H](O)[C@H]2O)cc2c(c1OCc1ccccc1)OCO2)N1CCCC1. The molecule has 3 aliphatic rings. The maximum atomic E-state index is 13.9. The van der Waals surface area contributed by atoms with Crippen molar-refractivity contribution in [1.82, 2.24) is 4.90 Å². The van der Waals surface area contributed by atoms with E-state index in [1.165, 1.54) is 6.07 Å². The van der Waals surface area contributed by atoms with Gasteiger partial charge in [-0.15, -0.1) is 0 Å². The van der Waals surface area contributed by atoms with Crippen molar-refractivity contribution < 1.29 is 44.0 Å². The van der Waals surface area contributed by atoms with Crippen LogP contribution in [-0.4, -0.2) is 82.1 Å². The summed E-state index contributed by atoms with van der Waals surface area (Å²) in [4.78, 5) is 26.7. The van der Waals surface area contributed by atoms with Gasteiger partial charge >= 0.3 is 0 Å². The molecule has 2 fully saturated rings. The average Bonchev–Trinajstić information content (AvgIpc) is 3.64. The summed E-state index contributed by atoms with van der Waals surface area (Å²) < 4.78 is 22.8. The zero-order chi connectivity index (χ0) is 26.1. The van der Waals surface area contributed by atoms with Crippen LogP contribution >= 0.6 is 0 Å². The summed E-state index contributed by atoms with van der Waals surface area (Å²) in [6, 6.07) is 10.7. The number of ether oxygens (including phenoxy) is 4. The Bertz CT molecular complexity index is 1150. The van der Waals surface area contributed by atoms with Crippen LogP contribution in [0.4, 0.5) is 0 Å². The average molecular weight is 517 g/mol. The maximum absolute atomic E-state index is 13.9. The molecule has 198 valence electrons. The predicted octanol–water partition coefficient (Wildman–Crippen LogP) is 1.03. The molecule has 0 aromatic heterocycles. The third kappa shape index (κ3) is 4.92. The number of hydrogen-bond acceptors (Lipinski definition) is 10. The predicted molar refractivity (Wildman–Crippen MR) is 126 cm³/mol. The van der Waals surface area contributed by atoms with E-state index in [1.54, 1.807) is 4.90 Å². The van der Waals surface area contributed by atoms with Crippen LogP contribution in [0.2, 0.25) is 0 Å². The number of nitro groups is 1. The standard InChI is InChI=1S/C25H28N2O10/c28-19-20(29)25(31)37-21(19)16(11-27(32)33)15-10-17-22(36-13-35-17)23(34-12-14-6-2-1-3-7-14)18(15)24(30)26-8-4-5-9-26/h1-3,6-7,10,16,19-21,25,28-29,31H,4-5,8-9,11-13H2/t16-,19+,20+,21+,25-/m0/s1. The molecule has 0 unspecified atom stereocenters. The van der Waals surface area contributed by atoms with Crippen LogP contribution in [0.5, 0.6) is 17.2 Å². The van der Waals surface area contributed by atoms with Gasteiger partial charge in [0, 0.05) is 18.0 Å². The molecule has 12 nitrogen and oxygen atoms in total. The Hall–Kier alpha value is -3.45. The van der Waals surface area contributed by atoms with E-state index in [0.717, 1.165) is 18.4 Å². The van der Waals surface area contributed by atoms with Crippen LogP contribution in [0.25, 0.3) is 0 Å². The molecule has 5 rings (SSSR count). The Balaban J connectivity index is 1.65. The normalized spacial score (nSPS) is 25.3. The first-order chi connectivity index (χ1) is 17.8. The molecule has 3 heterocycles. The molecule has 2 aromatic rings. The van der Waals surface area contributed by atoms with Gasteiger partial charge in [0.2, 0.25) is 19.1 Å². The lowest BCUT2D eigenvalue weighted by Crippen LogP contribution is -2.39. The van der Waals surface area contributed by atoms with E-state index in [2.05, 4.69) is 0 Å². The van der Waals surface area contributed by atoms with Gasteiger partial charge in [-0.1, -0.05) is 30.3 Å². The second-order valence-electron chi connectivity index (χ2n) is 9.27. The number of benzene rings is 2. The van der Waals surface area contributed by atoms with Gasteiger partial charge in [0.15, 0.2) is 17.8 Å². The lowest BCUT2D eigenvalue weighted by atomic mass is 9.85. The van der Waals surface area contributed by atoms with E-state index in [1.807, 2.05) is 30.3 Å². The van der Waals surface area contributed by atoms with Crippen molar-refractivity contribution in [1.29, 1.82) is 0 Å². The molecule has 2 saturated heterocycles. The van der Waals surface area contributed by atoms with E-state index in [9.17, 15) is 30.2 Å². The summed E-state index contributed by atoms with van der Waals surface area (Å²) >= 11 is 0. The van der Waals surface area contributed by atoms with Gasteiger partial charge in [0.1, 0.15) is 24.9 Å². The van der Waals surface area contributed by atoms with Crippen LogP contribution in [0.15, 0.2) is 36.4 Å². The molecule has 0 spiro atoms. The van der Waals surface area contributed by atoms with Gasteiger partial charge in [-0.2, -0.15) is 0 Å². The van der Waals surface area contributed by atoms with Crippen molar-refractivity contribution in [3.8, 4) is 17.2 Å². The second kappa shape index (κ2) is 10.5. The van der Waals surface area contributed by atoms with Gasteiger partial charge in [0.25, 0.3) is 5.91 Å². The van der Waals surface area contributed by atoms with Crippen molar-refractivity contribution in [2.24, 2.45) is 0 Å². The van der Waals surface area contributed by atoms with E-state index >= 15 is 0 Å². The summed E-state index contributed by atoms with van der Waals surface area (Å²) in [5, 5.41) is 42.4. The van der Waals surface area contributed by atoms with E-state index < -0.39 is 47.9 Å². The van der Waals surface area contributed by atoms with Crippen molar-refractivity contribution in [2.75, 3.05) is 26.4 Å². The highest BCUT2D eigenvalue weighted by molar-refractivity contribution is 6.00. The number of fused-ring (bicyclic) bond motifs is 1. The monoisotopic (exact) mass is 516 g/mol. The summed E-state index contributed by atoms with van der Waals surface area (Å²) in [5.74, 6) is -1.14. The van der Waals surface area contributed by atoms with Gasteiger partial charge in [0.05, 0.1) is 11.5 Å². The molecule has 1 amide bonds. The highest BCUT2D eigenvalue weighted by Crippen LogP contribution is 2.49. The highest BCUT2D eigenvalue weighted by atomic mass is 16.7. The van der Waals surface area contributed by atoms with Crippen molar-refractivity contribution >= 4 is 5.91 Å². The largest absolute Gasteiger partial charge is 0.484 e. The van der Waals surface area contributed by atoms with Gasteiger partial charge in [-0.05, 0) is 30.0 Å². The fourth-order valence-electron chi connectivity index (χ4n) is 5.05. The Morgan fingerprint density at radius 1 is 1.14 bits per heavy atom. The van der Waals surface area contributed by atoms with E-state index in [4.69, 9.17) is 18.9 Å². The lowest BCUT2D eigenvalue weighted by Gasteiger charge is -2.27. The van der Waals surface area contributed by atoms with Crippen molar-refractivity contribution in [2.45, 2.75) is 50.0 Å². The molecule has 0 saturated carbocycles. The Labute approximate surface area is 212 Å². The van der Waals surface area contributed by atoms with Crippen LogP contribution in [-0.2, 0) is 11.3 Å². The molecule has 12 heteroatoms. The molecule has 0 bridgehead atoms. The summed E-state index contributed by atoms with van der Waals surface area (Å²) in [6.45, 7) is 0.201. The van der Waals surface area contributed by atoms with Gasteiger partial charge in [-0.25, -0.2) is 0 Å². The zero-order valence-electron chi connectivity index (χ0n) is 19.9. The number of amides is 1. The fraction of sp³-hybridized carbons (Fsp3) is 0.480. The Morgan fingerprint density at radius 3 is 2.51 bits per heavy atom. The van der Waals surface area contributed by atoms with Crippen LogP contribution < -0.4 is 14.2 Å². The molecule has 0 radical (unpaired) electrons. The van der Waals surface area contributed by atoms with Crippen LogP contribution in [0, 0.1) is 10.1 Å². The molecular weight excluding hydrogens is 488 g/mol. The highest BCUT2D eigenvalue weighted by Gasteiger charge is 2.49. The number of aliphatic hydroxyl groups excluding tert-OH is 3. The van der Waals surface area contributed by atoms with Crippen molar-refractivity contribution in [3.05, 3.63) is 63.2 Å². The van der Waals surface area contributed by atoms with Crippen LogP contribution in [0.1, 0.15) is 40.2 Å². The van der Waals surface area contributed by atoms with E-state index in [0.29, 0.717) is 13.1 Å². The molecular formula is C25H28N2O10. The first-order valence-electron chi connectivity index (χ1n) is 12.1. The molecule has 2 aromatic carbocycles. The molecule has 3 aliphatic heterocycles. The number of carbonyl (C=O) groups is 1. The minimum absolute atomic E-state index is 0.0422. The summed E-state index contributed by atoms with van der Waals surface area (Å²) in [6.07, 6.45) is -4.79. The smallest absolute Gasteiger partial charge is 0.258 e. The third-order valence-electron chi connectivity index (χ3n) is 6.90. The molecule has 3 N–H and O–H groups in total. The zero-order valence-corrected chi connectivity index (χ0v) is 19.9. The minimum atomic E-state index is -1.74. The van der Waals surface area contributed by atoms with Crippen LogP contribution in [0.3, 0.4) is 0 Å². The first kappa shape index (κ1) is 25.2. The Morgan fingerprint density at radius 2 is 1.86 bits per heavy atom. The third-order valence-corrected chi connectivity index (χ3v) is 6.90. The molecule has 37 heavy (non-hydrogen) atoms. The number of aliphatic hydroxyl groups is 3. The lowest BCUT2D eigenvalue weighted by molar-refractivity contribution is -0.486. The quantitative estimate of drug-likeness (QED) is 0.341.